The molecule has 0 spiro atoms. The number of rotatable bonds is 5. The summed E-state index contributed by atoms with van der Waals surface area (Å²) in [5.74, 6) is 0.604. The molecule has 2 N–H and O–H groups in total. The highest BCUT2D eigenvalue weighted by Gasteiger charge is 2.39. The average Bonchev–Trinajstić information content (AvgIpc) is 2.75. The maximum atomic E-state index is 13.0. The Balaban J connectivity index is 1.29. The molecule has 3 heterocycles. The predicted octanol–water partition coefficient (Wildman–Crippen LogP) is 2.72. The van der Waals surface area contributed by atoms with Crippen LogP contribution in [0.4, 0.5) is 19.1 Å². The van der Waals surface area contributed by atoms with E-state index in [0.717, 1.165) is 6.07 Å². The van der Waals surface area contributed by atoms with Crippen LogP contribution in [0.5, 0.6) is 0 Å². The van der Waals surface area contributed by atoms with Crippen molar-refractivity contribution in [2.24, 2.45) is 11.8 Å². The van der Waals surface area contributed by atoms with Crippen LogP contribution >= 0.6 is 0 Å². The second-order valence-electron chi connectivity index (χ2n) is 10.1. The van der Waals surface area contributed by atoms with Crippen molar-refractivity contribution in [1.29, 1.82) is 0 Å². The Morgan fingerprint density at radius 2 is 1.86 bits per heavy atom. The summed E-state index contributed by atoms with van der Waals surface area (Å²) in [6.07, 6.45) is 1.49. The van der Waals surface area contributed by atoms with Crippen LogP contribution in [0.2, 0.25) is 0 Å². The van der Waals surface area contributed by atoms with Crippen LogP contribution in [-0.2, 0) is 23.0 Å². The number of pyridine rings is 1. The van der Waals surface area contributed by atoms with Crippen LogP contribution < -0.4 is 10.5 Å². The summed E-state index contributed by atoms with van der Waals surface area (Å²) >= 11 is 0. The number of aromatic amines is 1. The van der Waals surface area contributed by atoms with Crippen LogP contribution in [-0.4, -0.2) is 56.5 Å². The Morgan fingerprint density at radius 3 is 2.43 bits per heavy atom. The van der Waals surface area contributed by atoms with E-state index in [1.165, 1.54) is 6.20 Å². The van der Waals surface area contributed by atoms with Crippen LogP contribution in [0.25, 0.3) is 0 Å². The third kappa shape index (κ3) is 5.50. The lowest BCUT2D eigenvalue weighted by Crippen LogP contribution is -2.56. The topological polar surface area (TPSA) is 102 Å². The molecule has 4 rings (SSSR count). The summed E-state index contributed by atoms with van der Waals surface area (Å²) < 4.78 is 38.9. The summed E-state index contributed by atoms with van der Waals surface area (Å²) in [6.45, 7) is 7.00. The summed E-state index contributed by atoms with van der Waals surface area (Å²) in [7, 11) is 0. The molecule has 0 bridgehead atoms. The molecular weight excluding hydrogens is 463 g/mol. The first-order valence-electron chi connectivity index (χ1n) is 11.7. The highest BCUT2D eigenvalue weighted by atomic mass is 19.4. The molecule has 1 aliphatic carbocycles. The van der Waals surface area contributed by atoms with Gasteiger partial charge >= 0.3 is 6.18 Å². The molecule has 190 valence electrons. The van der Waals surface area contributed by atoms with Gasteiger partial charge in [0.15, 0.2) is 0 Å². The lowest BCUT2D eigenvalue weighted by atomic mass is 9.71. The number of H-pyrrole nitrogens is 1. The third-order valence-corrected chi connectivity index (χ3v) is 6.92. The van der Waals surface area contributed by atoms with Crippen molar-refractivity contribution < 1.29 is 23.1 Å². The second kappa shape index (κ2) is 9.25. The van der Waals surface area contributed by atoms with E-state index in [2.05, 4.69) is 15.0 Å². The number of piperazine rings is 1. The SMILES string of the molecule is C[C@@H]1CN(C(=O)C2CC(Cc3c[nH]c(=O)c(C(F)(F)F)c3)C2)CCN1c1ncc(C(C)(C)O)cn1. The molecule has 1 amide bonds. The molecule has 11 heteroatoms. The monoisotopic (exact) mass is 493 g/mol. The molecule has 0 radical (unpaired) electrons. The summed E-state index contributed by atoms with van der Waals surface area (Å²) in [6, 6.07) is 0.920. The van der Waals surface area contributed by atoms with E-state index in [0.29, 0.717) is 56.0 Å². The number of nitrogens with one attached hydrogen (secondary N) is 1. The molecule has 8 nitrogen and oxygen atoms in total. The van der Waals surface area contributed by atoms with E-state index in [1.807, 2.05) is 16.7 Å². The minimum absolute atomic E-state index is 0.0125. The fourth-order valence-electron chi connectivity index (χ4n) is 4.79. The van der Waals surface area contributed by atoms with Crippen molar-refractivity contribution in [2.75, 3.05) is 24.5 Å². The molecule has 1 aliphatic heterocycles. The van der Waals surface area contributed by atoms with Gasteiger partial charge in [-0.15, -0.1) is 0 Å². The summed E-state index contributed by atoms with van der Waals surface area (Å²) in [5.41, 5.74) is -2.31. The zero-order valence-electron chi connectivity index (χ0n) is 20.0. The lowest BCUT2D eigenvalue weighted by Gasteiger charge is -2.43. The van der Waals surface area contributed by atoms with Crippen molar-refractivity contribution in [2.45, 2.75) is 57.9 Å². The molecule has 2 fully saturated rings. The van der Waals surface area contributed by atoms with Crippen LogP contribution in [0.15, 0.2) is 29.5 Å². The number of halogens is 3. The van der Waals surface area contributed by atoms with Gasteiger partial charge in [0.2, 0.25) is 11.9 Å². The Labute approximate surface area is 201 Å². The van der Waals surface area contributed by atoms with E-state index in [4.69, 9.17) is 0 Å². The van der Waals surface area contributed by atoms with Crippen molar-refractivity contribution in [3.8, 4) is 0 Å². The van der Waals surface area contributed by atoms with Gasteiger partial charge in [0.25, 0.3) is 5.56 Å². The Morgan fingerprint density at radius 1 is 1.20 bits per heavy atom. The zero-order valence-corrected chi connectivity index (χ0v) is 20.0. The number of nitrogens with zero attached hydrogens (tertiary/aromatic N) is 4. The number of anilines is 1. The molecular formula is C24H30F3N5O3. The number of alkyl halides is 3. The van der Waals surface area contributed by atoms with Crippen molar-refractivity contribution >= 4 is 11.9 Å². The first-order chi connectivity index (χ1) is 16.3. The largest absolute Gasteiger partial charge is 0.421 e. The van der Waals surface area contributed by atoms with Gasteiger partial charge in [-0.2, -0.15) is 13.2 Å². The molecule has 1 saturated carbocycles. The first kappa shape index (κ1) is 25.2. The van der Waals surface area contributed by atoms with Gasteiger partial charge in [0.05, 0.1) is 5.60 Å². The lowest BCUT2D eigenvalue weighted by molar-refractivity contribution is -0.140. The molecule has 2 aromatic rings. The predicted molar refractivity (Wildman–Crippen MR) is 123 cm³/mol. The van der Waals surface area contributed by atoms with Gasteiger partial charge < -0.3 is 19.9 Å². The van der Waals surface area contributed by atoms with E-state index >= 15 is 0 Å². The van der Waals surface area contributed by atoms with E-state index < -0.39 is 22.9 Å². The number of aliphatic hydroxyl groups is 1. The fourth-order valence-corrected chi connectivity index (χ4v) is 4.79. The molecule has 2 aromatic heterocycles. The Bertz CT molecular complexity index is 1120. The average molecular weight is 494 g/mol. The highest BCUT2D eigenvalue weighted by molar-refractivity contribution is 5.80. The highest BCUT2D eigenvalue weighted by Crippen LogP contribution is 2.38. The van der Waals surface area contributed by atoms with Gasteiger partial charge in [0, 0.05) is 55.7 Å². The van der Waals surface area contributed by atoms with Gasteiger partial charge in [-0.05, 0) is 57.6 Å². The summed E-state index contributed by atoms with van der Waals surface area (Å²) in [4.78, 5) is 39.3. The Hall–Kier alpha value is -2.95. The molecule has 0 aromatic carbocycles. The van der Waals surface area contributed by atoms with Crippen LogP contribution in [0.3, 0.4) is 0 Å². The van der Waals surface area contributed by atoms with Crippen LogP contribution in [0, 0.1) is 11.8 Å². The number of aromatic nitrogens is 3. The molecule has 2 aliphatic rings. The molecule has 0 unspecified atom stereocenters. The van der Waals surface area contributed by atoms with Crippen molar-refractivity contribution in [3.63, 3.8) is 0 Å². The van der Waals surface area contributed by atoms with Crippen molar-refractivity contribution in [1.82, 2.24) is 19.9 Å². The minimum Gasteiger partial charge on any atom is -0.386 e. The number of amides is 1. The second-order valence-corrected chi connectivity index (χ2v) is 10.1. The first-order valence-corrected chi connectivity index (χ1v) is 11.7. The molecule has 1 atom stereocenters. The normalized spacial score (nSPS) is 23.2. The molecule has 35 heavy (non-hydrogen) atoms. The number of hydrogen-bond acceptors (Lipinski definition) is 6. The number of carbonyl (C=O) groups excluding carboxylic acids is 1. The zero-order chi connectivity index (χ0) is 25.5. The van der Waals surface area contributed by atoms with Crippen LogP contribution in [0.1, 0.15) is 50.3 Å². The van der Waals surface area contributed by atoms with Gasteiger partial charge in [0.1, 0.15) is 5.56 Å². The Kier molecular flexibility index (Phi) is 6.65. The molecule has 1 saturated heterocycles. The van der Waals surface area contributed by atoms with E-state index in [-0.39, 0.29) is 23.8 Å². The maximum absolute atomic E-state index is 13.0. The van der Waals surface area contributed by atoms with E-state index in [9.17, 15) is 27.9 Å². The fraction of sp³-hybridized carbons (Fsp3) is 0.583. The van der Waals surface area contributed by atoms with Gasteiger partial charge in [-0.25, -0.2) is 9.97 Å². The minimum atomic E-state index is -4.69. The van der Waals surface area contributed by atoms with Gasteiger partial charge in [-0.1, -0.05) is 0 Å². The number of hydrogen-bond donors (Lipinski definition) is 2. The number of carbonyl (C=O) groups is 1. The van der Waals surface area contributed by atoms with Crippen molar-refractivity contribution in [3.05, 3.63) is 51.7 Å². The quantitative estimate of drug-likeness (QED) is 0.664. The maximum Gasteiger partial charge on any atom is 0.421 e. The van der Waals surface area contributed by atoms with Gasteiger partial charge in [-0.3, -0.25) is 9.59 Å². The third-order valence-electron chi connectivity index (χ3n) is 6.92. The smallest absolute Gasteiger partial charge is 0.386 e. The van der Waals surface area contributed by atoms with E-state index in [1.54, 1.807) is 26.2 Å². The summed E-state index contributed by atoms with van der Waals surface area (Å²) in [5, 5.41) is 10.1. The standard InChI is InChI=1S/C24H30F3N5O3/c1-14-13-31(4-5-32(14)22-29-11-18(12-30-22)23(2,3)35)21(34)17-7-15(8-17)6-16-9-19(24(25,26)27)20(33)28-10-16/h9-12,14-15,17,35H,4-8,13H2,1-3H3,(H,28,33)/t14-,15?,17?/m1/s1.